The van der Waals surface area contributed by atoms with Crippen LogP contribution in [0.4, 0.5) is 11.5 Å². The fourth-order valence-corrected chi connectivity index (χ4v) is 5.23. The first-order valence-corrected chi connectivity index (χ1v) is 14.2. The summed E-state index contributed by atoms with van der Waals surface area (Å²) in [5, 5.41) is 12.8. The molecule has 1 aromatic carbocycles. The van der Waals surface area contributed by atoms with Crippen LogP contribution in [0.5, 0.6) is 0 Å². The molecule has 6 rings (SSSR count). The van der Waals surface area contributed by atoms with E-state index < -0.39 is 11.5 Å². The highest BCUT2D eigenvalue weighted by Gasteiger charge is 2.26. The number of hydrogen-bond acceptors (Lipinski definition) is 9. The lowest BCUT2D eigenvalue weighted by Crippen LogP contribution is -2.31. The average Bonchev–Trinajstić information content (AvgIpc) is 3.39. The number of ketones is 1. The van der Waals surface area contributed by atoms with Crippen molar-refractivity contribution in [3.63, 3.8) is 0 Å². The number of pyridine rings is 1. The van der Waals surface area contributed by atoms with Gasteiger partial charge in [0.05, 0.1) is 17.1 Å². The normalized spacial score (nSPS) is 14.0. The quantitative estimate of drug-likeness (QED) is 0.298. The molecule has 0 bridgehead atoms. The van der Waals surface area contributed by atoms with Crippen LogP contribution < -0.4 is 16.6 Å². The van der Waals surface area contributed by atoms with E-state index in [0.29, 0.717) is 65.4 Å². The van der Waals surface area contributed by atoms with Crippen LogP contribution in [-0.2, 0) is 4.79 Å². The van der Waals surface area contributed by atoms with Crippen LogP contribution in [0.25, 0.3) is 28.1 Å². The van der Waals surface area contributed by atoms with Gasteiger partial charge in [-0.2, -0.15) is 14.9 Å². The molecule has 1 amide bonds. The molecule has 3 N–H and O–H groups in total. The molecule has 0 aliphatic heterocycles. The SMILES string of the molecule is Cc1ccc(-n2nc(C(C)C)cc(C(=O)Nc3ccc(-c4nn(C5CCC(=O)CC5)c5ncnc(N)c45)cc3)c2=O)nc1. The van der Waals surface area contributed by atoms with Gasteiger partial charge in [0, 0.05) is 30.3 Å². The molecule has 1 aliphatic rings. The number of carbonyl (C=O) groups excluding carboxylic acids is 2. The highest BCUT2D eigenvalue weighted by atomic mass is 16.2. The predicted molar refractivity (Wildman–Crippen MR) is 162 cm³/mol. The molecule has 12 heteroatoms. The van der Waals surface area contributed by atoms with E-state index in [1.807, 2.05) is 43.7 Å². The lowest BCUT2D eigenvalue weighted by atomic mass is 9.94. The predicted octanol–water partition coefficient (Wildman–Crippen LogP) is 4.38. The number of nitrogens with two attached hydrogens (primary N) is 1. The Morgan fingerprint density at radius 2 is 1.74 bits per heavy atom. The molecule has 4 aromatic heterocycles. The number of nitrogens with zero attached hydrogens (tertiary/aromatic N) is 7. The molecule has 5 aromatic rings. The third kappa shape index (κ3) is 5.39. The minimum Gasteiger partial charge on any atom is -0.383 e. The molecule has 1 aliphatic carbocycles. The third-order valence-corrected chi connectivity index (χ3v) is 7.67. The first-order valence-electron chi connectivity index (χ1n) is 14.2. The minimum atomic E-state index is -0.563. The van der Waals surface area contributed by atoms with Crippen LogP contribution in [-0.4, -0.2) is 46.2 Å². The summed E-state index contributed by atoms with van der Waals surface area (Å²) in [6.07, 6.45) is 5.48. The number of benzene rings is 1. The lowest BCUT2D eigenvalue weighted by Gasteiger charge is -2.21. The molecule has 43 heavy (non-hydrogen) atoms. The molecule has 0 atom stereocenters. The third-order valence-electron chi connectivity index (χ3n) is 7.67. The van der Waals surface area contributed by atoms with E-state index in [2.05, 4.69) is 25.4 Å². The zero-order valence-corrected chi connectivity index (χ0v) is 24.1. The number of aryl methyl sites for hydroxylation is 1. The van der Waals surface area contributed by atoms with Crippen molar-refractivity contribution in [2.75, 3.05) is 11.1 Å². The molecule has 0 saturated heterocycles. The number of fused-ring (bicyclic) bond motifs is 1. The van der Waals surface area contributed by atoms with Crippen LogP contribution >= 0.6 is 0 Å². The second-order valence-corrected chi connectivity index (χ2v) is 11.1. The first-order chi connectivity index (χ1) is 20.7. The number of amides is 1. The Morgan fingerprint density at radius 3 is 2.42 bits per heavy atom. The maximum atomic E-state index is 13.4. The van der Waals surface area contributed by atoms with Gasteiger partial charge < -0.3 is 11.1 Å². The smallest absolute Gasteiger partial charge is 0.285 e. The van der Waals surface area contributed by atoms with Crippen LogP contribution in [0.15, 0.2) is 59.8 Å². The van der Waals surface area contributed by atoms with E-state index in [9.17, 15) is 14.4 Å². The molecule has 4 heterocycles. The summed E-state index contributed by atoms with van der Waals surface area (Å²) < 4.78 is 3.03. The number of rotatable bonds is 6. The fraction of sp³-hybridized carbons (Fsp3) is 0.290. The van der Waals surface area contributed by atoms with E-state index in [1.54, 1.807) is 24.4 Å². The number of Topliss-reactive ketones (excluding diaryl/α,β-unsaturated/α-hetero) is 1. The summed E-state index contributed by atoms with van der Waals surface area (Å²) in [5.41, 5.74) is 9.70. The van der Waals surface area contributed by atoms with Gasteiger partial charge in [0.2, 0.25) is 0 Å². The summed E-state index contributed by atoms with van der Waals surface area (Å²) in [7, 11) is 0. The van der Waals surface area contributed by atoms with Crippen molar-refractivity contribution < 1.29 is 9.59 Å². The molecule has 218 valence electrons. The zero-order chi connectivity index (χ0) is 30.2. The van der Waals surface area contributed by atoms with Crippen LogP contribution in [0.3, 0.4) is 0 Å². The summed E-state index contributed by atoms with van der Waals surface area (Å²) in [6.45, 7) is 5.78. The Balaban J connectivity index is 1.31. The van der Waals surface area contributed by atoms with Gasteiger partial charge >= 0.3 is 0 Å². The summed E-state index contributed by atoms with van der Waals surface area (Å²) in [6, 6.07) is 12.2. The highest BCUT2D eigenvalue weighted by molar-refractivity contribution is 6.04. The summed E-state index contributed by atoms with van der Waals surface area (Å²) >= 11 is 0. The first kappa shape index (κ1) is 27.9. The summed E-state index contributed by atoms with van der Waals surface area (Å²) in [5.74, 6) is 0.336. The number of nitrogen functional groups attached to an aromatic ring is 1. The number of carbonyl (C=O) groups is 2. The van der Waals surface area contributed by atoms with E-state index in [-0.39, 0.29) is 23.3 Å². The van der Waals surface area contributed by atoms with Crippen molar-refractivity contribution in [1.29, 1.82) is 0 Å². The Hall–Kier alpha value is -5.26. The van der Waals surface area contributed by atoms with Gasteiger partial charge in [-0.25, -0.2) is 19.6 Å². The van der Waals surface area contributed by atoms with Crippen LogP contribution in [0.2, 0.25) is 0 Å². The Labute approximate surface area is 247 Å². The van der Waals surface area contributed by atoms with Gasteiger partial charge in [-0.15, -0.1) is 0 Å². The van der Waals surface area contributed by atoms with E-state index in [4.69, 9.17) is 10.8 Å². The second kappa shape index (κ2) is 11.2. The minimum absolute atomic E-state index is 0.0247. The van der Waals surface area contributed by atoms with Gasteiger partial charge in [0.25, 0.3) is 11.5 Å². The molecule has 0 unspecified atom stereocenters. The monoisotopic (exact) mass is 577 g/mol. The number of hydrogen-bond donors (Lipinski definition) is 2. The van der Waals surface area contributed by atoms with Crippen LogP contribution in [0.1, 0.15) is 73.1 Å². The topological polar surface area (TPSA) is 164 Å². The van der Waals surface area contributed by atoms with Gasteiger partial charge in [0.1, 0.15) is 29.2 Å². The van der Waals surface area contributed by atoms with Gasteiger partial charge in [-0.05, 0) is 55.5 Å². The van der Waals surface area contributed by atoms with Crippen molar-refractivity contribution in [2.24, 2.45) is 0 Å². The van der Waals surface area contributed by atoms with E-state index >= 15 is 0 Å². The standard InChI is InChI=1S/C31H31N9O3/c1-17(2)24-14-23(31(43)40(37-24)25-13-4-18(3)15-33-25)30(42)36-20-7-5-19(6-8-20)27-26-28(32)34-16-35-29(26)39(38-27)21-9-11-22(41)12-10-21/h4-8,13-17,21H,9-12H2,1-3H3,(H,36,42)(H2,32,34,35). The van der Waals surface area contributed by atoms with Crippen molar-refractivity contribution >= 4 is 34.2 Å². The Bertz CT molecular complexity index is 1900. The molecule has 1 fully saturated rings. The van der Waals surface area contributed by atoms with Crippen molar-refractivity contribution in [1.82, 2.24) is 34.5 Å². The largest absolute Gasteiger partial charge is 0.383 e. The molecule has 0 radical (unpaired) electrons. The molecular formula is C31H31N9O3. The highest BCUT2D eigenvalue weighted by Crippen LogP contribution is 2.35. The maximum absolute atomic E-state index is 13.4. The molecule has 12 nitrogen and oxygen atoms in total. The molecular weight excluding hydrogens is 546 g/mol. The molecule has 0 spiro atoms. The van der Waals surface area contributed by atoms with Crippen molar-refractivity contribution in [3.05, 3.63) is 82.2 Å². The van der Waals surface area contributed by atoms with Gasteiger partial charge in [-0.3, -0.25) is 14.4 Å². The number of aromatic nitrogens is 7. The van der Waals surface area contributed by atoms with Gasteiger partial charge in [-0.1, -0.05) is 32.0 Å². The number of nitrogens with one attached hydrogen (secondary N) is 1. The Morgan fingerprint density at radius 1 is 1.00 bits per heavy atom. The van der Waals surface area contributed by atoms with Crippen LogP contribution in [0, 0.1) is 6.92 Å². The Kier molecular flexibility index (Phi) is 7.26. The number of anilines is 2. The molecule has 1 saturated carbocycles. The van der Waals surface area contributed by atoms with Crippen molar-refractivity contribution in [2.45, 2.75) is 58.4 Å². The lowest BCUT2D eigenvalue weighted by molar-refractivity contribution is -0.120. The summed E-state index contributed by atoms with van der Waals surface area (Å²) in [4.78, 5) is 51.5. The fourth-order valence-electron chi connectivity index (χ4n) is 5.23. The maximum Gasteiger partial charge on any atom is 0.285 e. The van der Waals surface area contributed by atoms with E-state index in [1.165, 1.54) is 17.1 Å². The van der Waals surface area contributed by atoms with Gasteiger partial charge in [0.15, 0.2) is 11.5 Å². The second-order valence-electron chi connectivity index (χ2n) is 11.1. The average molecular weight is 578 g/mol. The zero-order valence-electron chi connectivity index (χ0n) is 24.1. The van der Waals surface area contributed by atoms with Crippen molar-refractivity contribution in [3.8, 4) is 17.1 Å². The van der Waals surface area contributed by atoms with E-state index in [0.717, 1.165) is 11.1 Å².